The lowest BCUT2D eigenvalue weighted by atomic mass is 9.97. The molecule has 0 heterocycles. The molecule has 100 valence electrons. The van der Waals surface area contributed by atoms with Crippen molar-refractivity contribution < 1.29 is 19.4 Å². The first-order valence-electron chi connectivity index (χ1n) is 6.13. The first-order valence-corrected chi connectivity index (χ1v) is 8.05. The zero-order valence-corrected chi connectivity index (χ0v) is 11.4. The minimum atomic E-state index is -3.50. The van der Waals surface area contributed by atoms with Crippen molar-refractivity contribution in [1.29, 1.82) is 0 Å². The van der Waals surface area contributed by atoms with Gasteiger partial charge in [-0.15, -0.1) is 0 Å². The maximum Gasteiger partial charge on any atom is 0.224 e. The predicted octanol–water partition coefficient (Wildman–Crippen LogP) is 1.39. The number of aliphatic hydroxyl groups is 1. The van der Waals surface area contributed by atoms with Gasteiger partial charge in [0.1, 0.15) is 0 Å². The minimum Gasteiger partial charge on any atom is -0.392 e. The summed E-state index contributed by atoms with van der Waals surface area (Å²) in [5, 5.41) is 9.79. The molecule has 0 aromatic carbocycles. The van der Waals surface area contributed by atoms with Crippen LogP contribution in [0.4, 0.5) is 0 Å². The van der Waals surface area contributed by atoms with Crippen LogP contribution in [0.25, 0.3) is 0 Å². The maximum absolute atomic E-state index is 12.3. The molecule has 1 unspecified atom stereocenters. The summed E-state index contributed by atoms with van der Waals surface area (Å²) in [6.45, 7) is 3.59. The molecule has 1 amide bonds. The van der Waals surface area contributed by atoms with Crippen LogP contribution >= 0.6 is 7.37 Å². The van der Waals surface area contributed by atoms with E-state index in [1.54, 1.807) is 6.92 Å². The molecule has 1 aliphatic carbocycles. The number of rotatable bonds is 4. The first-order chi connectivity index (χ1) is 7.88. The lowest BCUT2D eigenvalue weighted by Crippen LogP contribution is -2.36. The minimum absolute atomic E-state index is 0.138. The summed E-state index contributed by atoms with van der Waals surface area (Å²) in [7, 11) is -3.50. The molecule has 1 fully saturated rings. The number of carbonyl (C=O) groups excluding carboxylic acids is 1. The average Bonchev–Trinajstić information content (AvgIpc) is 2.26. The molecule has 0 saturated heterocycles. The summed E-state index contributed by atoms with van der Waals surface area (Å²) in [5.74, 6) is -0.202. The van der Waals surface area contributed by atoms with Gasteiger partial charge >= 0.3 is 0 Å². The Hall–Kier alpha value is -0.380. The van der Waals surface area contributed by atoms with Crippen LogP contribution in [0.3, 0.4) is 0 Å². The Morgan fingerprint density at radius 2 is 2.00 bits per heavy atom. The zero-order chi connectivity index (χ0) is 13.1. The van der Waals surface area contributed by atoms with Gasteiger partial charge in [-0.05, 0) is 19.8 Å². The summed E-state index contributed by atoms with van der Waals surface area (Å²) in [6.07, 6.45) is 2.09. The Morgan fingerprint density at radius 1 is 1.41 bits per heavy atom. The summed E-state index contributed by atoms with van der Waals surface area (Å²) < 4.78 is 12.3. The van der Waals surface area contributed by atoms with Crippen molar-refractivity contribution in [2.24, 2.45) is 0 Å². The lowest BCUT2D eigenvalue weighted by molar-refractivity contribution is -0.127. The maximum atomic E-state index is 12.3. The van der Waals surface area contributed by atoms with E-state index >= 15 is 0 Å². The smallest absolute Gasteiger partial charge is 0.224 e. The Labute approximate surface area is 102 Å². The molecule has 0 aromatic heterocycles. The summed E-state index contributed by atoms with van der Waals surface area (Å²) in [6, 6.07) is 0. The van der Waals surface area contributed by atoms with Gasteiger partial charge in [-0.25, -0.2) is 0 Å². The van der Waals surface area contributed by atoms with E-state index in [4.69, 9.17) is 0 Å². The molecule has 1 saturated carbocycles. The van der Waals surface area contributed by atoms with Gasteiger partial charge in [-0.3, -0.25) is 9.36 Å². The average molecular weight is 263 g/mol. The van der Waals surface area contributed by atoms with Crippen LogP contribution in [0.5, 0.6) is 0 Å². The number of nitrogens with zero attached hydrogens (tertiary/aromatic N) is 1. The van der Waals surface area contributed by atoms with Gasteiger partial charge in [0, 0.05) is 13.5 Å². The van der Waals surface area contributed by atoms with Crippen LogP contribution in [0.15, 0.2) is 0 Å². The highest BCUT2D eigenvalue weighted by Gasteiger charge is 2.39. The van der Waals surface area contributed by atoms with Crippen molar-refractivity contribution in [2.45, 2.75) is 51.3 Å². The molecular weight excluding hydrogens is 241 g/mol. The molecule has 1 aliphatic rings. The van der Waals surface area contributed by atoms with Gasteiger partial charge in [0.05, 0.1) is 18.0 Å². The Bertz CT molecular complexity index is 321. The van der Waals surface area contributed by atoms with Gasteiger partial charge in [0.15, 0.2) is 0 Å². The monoisotopic (exact) mass is 263 g/mol. The molecule has 0 radical (unpaired) electrons. The van der Waals surface area contributed by atoms with Gasteiger partial charge in [0.25, 0.3) is 0 Å². The molecule has 3 atom stereocenters. The number of carbonyl (C=O) groups is 1. The fraction of sp³-hybridized carbons (Fsp3) is 0.909. The molecule has 0 aliphatic heterocycles. The van der Waals surface area contributed by atoms with E-state index in [1.807, 2.05) is 0 Å². The second kappa shape index (κ2) is 5.98. The number of hydrogen-bond acceptors (Lipinski definition) is 3. The van der Waals surface area contributed by atoms with E-state index < -0.39 is 19.1 Å². The first kappa shape index (κ1) is 14.7. The Kier molecular flexibility index (Phi) is 5.17. The fourth-order valence-corrected chi connectivity index (χ4v) is 4.71. The number of amides is 1. The van der Waals surface area contributed by atoms with Crippen LogP contribution in [0, 0.1) is 0 Å². The van der Waals surface area contributed by atoms with Crippen molar-refractivity contribution in [2.75, 3.05) is 12.8 Å². The molecule has 0 spiro atoms. The van der Waals surface area contributed by atoms with Crippen LogP contribution in [0.1, 0.15) is 39.5 Å². The normalized spacial score (nSPS) is 28.5. The van der Waals surface area contributed by atoms with Crippen LogP contribution in [-0.2, 0) is 9.36 Å². The van der Waals surface area contributed by atoms with Gasteiger partial charge < -0.3 is 14.9 Å². The quantitative estimate of drug-likeness (QED) is 0.751. The number of hydrogen-bond donors (Lipinski definition) is 2. The third kappa shape index (κ3) is 3.80. The summed E-state index contributed by atoms with van der Waals surface area (Å²) >= 11 is 0. The van der Waals surface area contributed by atoms with E-state index in [2.05, 4.69) is 0 Å². The van der Waals surface area contributed by atoms with Gasteiger partial charge in [-0.2, -0.15) is 0 Å². The molecule has 2 N–H and O–H groups in total. The Balaban J connectivity index is 2.72. The Morgan fingerprint density at radius 3 is 2.47 bits per heavy atom. The van der Waals surface area contributed by atoms with E-state index in [-0.39, 0.29) is 12.2 Å². The summed E-state index contributed by atoms with van der Waals surface area (Å²) in [5.41, 5.74) is -0.565. The zero-order valence-electron chi connectivity index (χ0n) is 10.5. The molecule has 0 bridgehead atoms. The van der Waals surface area contributed by atoms with Crippen LogP contribution in [0.2, 0.25) is 0 Å². The van der Waals surface area contributed by atoms with Crippen molar-refractivity contribution in [1.82, 2.24) is 4.90 Å². The van der Waals surface area contributed by atoms with E-state index in [0.717, 1.165) is 12.8 Å². The van der Waals surface area contributed by atoms with E-state index in [0.29, 0.717) is 19.4 Å². The van der Waals surface area contributed by atoms with E-state index in [9.17, 15) is 19.4 Å². The van der Waals surface area contributed by atoms with Gasteiger partial charge in [0.2, 0.25) is 13.3 Å². The second-order valence-electron chi connectivity index (χ2n) is 4.69. The highest BCUT2D eigenvalue weighted by molar-refractivity contribution is 7.58. The van der Waals surface area contributed by atoms with Crippen molar-refractivity contribution in [3.05, 3.63) is 0 Å². The summed E-state index contributed by atoms with van der Waals surface area (Å²) in [4.78, 5) is 22.7. The SMILES string of the molecule is CCN(CP(=O)(O)[C@@H]1CCCC[C@H]1O)C(C)=O. The molecule has 6 heteroatoms. The molecular formula is C11H22NO4P. The number of aliphatic hydroxyl groups excluding tert-OH is 1. The highest BCUT2D eigenvalue weighted by Crippen LogP contribution is 2.52. The highest BCUT2D eigenvalue weighted by atomic mass is 31.2. The topological polar surface area (TPSA) is 77.8 Å². The molecule has 1 rings (SSSR count). The third-order valence-electron chi connectivity index (χ3n) is 3.41. The van der Waals surface area contributed by atoms with Crippen LogP contribution < -0.4 is 0 Å². The third-order valence-corrected chi connectivity index (χ3v) is 5.80. The van der Waals surface area contributed by atoms with Crippen LogP contribution in [-0.4, -0.2) is 45.4 Å². The largest absolute Gasteiger partial charge is 0.392 e. The van der Waals surface area contributed by atoms with Gasteiger partial charge in [-0.1, -0.05) is 12.8 Å². The van der Waals surface area contributed by atoms with Crippen molar-refractivity contribution in [3.63, 3.8) is 0 Å². The van der Waals surface area contributed by atoms with Crippen molar-refractivity contribution >= 4 is 13.3 Å². The second-order valence-corrected chi connectivity index (χ2v) is 7.15. The fourth-order valence-electron chi connectivity index (χ4n) is 2.33. The molecule has 5 nitrogen and oxygen atoms in total. The van der Waals surface area contributed by atoms with E-state index in [1.165, 1.54) is 11.8 Å². The standard InChI is InChI=1S/C11H22NO4P/c1-3-12(9(2)13)8-17(15,16)11-7-5-4-6-10(11)14/h10-11,14H,3-8H2,1-2H3,(H,15,16)/t10-,11-/m1/s1. The predicted molar refractivity (Wildman–Crippen MR) is 66.0 cm³/mol. The molecule has 0 aromatic rings. The van der Waals surface area contributed by atoms with Crippen molar-refractivity contribution in [3.8, 4) is 0 Å². The lowest BCUT2D eigenvalue weighted by Gasteiger charge is -2.33. The molecule has 17 heavy (non-hydrogen) atoms.